The van der Waals surface area contributed by atoms with E-state index in [0.717, 1.165) is 30.6 Å². The fraction of sp³-hybridized carbons (Fsp3) is 0.550. The van der Waals surface area contributed by atoms with Gasteiger partial charge in [0.25, 0.3) is 5.91 Å². The number of likely N-dealkylation sites (N-methyl/N-ethyl adjacent to an activating group) is 1. The van der Waals surface area contributed by atoms with E-state index in [2.05, 4.69) is 5.32 Å². The van der Waals surface area contributed by atoms with Gasteiger partial charge in [0.1, 0.15) is 12.3 Å². The predicted octanol–water partition coefficient (Wildman–Crippen LogP) is 2.01. The molecule has 1 spiro atoms. The molecular weight excluding hydrogens is 346 g/mol. The van der Waals surface area contributed by atoms with Crippen LogP contribution in [-0.2, 0) is 15.1 Å². The third kappa shape index (κ3) is 2.95. The molecule has 0 radical (unpaired) electrons. The van der Waals surface area contributed by atoms with Gasteiger partial charge in [-0.25, -0.2) is 4.79 Å². The summed E-state index contributed by atoms with van der Waals surface area (Å²) in [5.74, 6) is 0.0429. The van der Waals surface area contributed by atoms with Crippen molar-refractivity contribution in [3.05, 3.63) is 29.8 Å². The first kappa shape index (κ1) is 17.8. The van der Waals surface area contributed by atoms with Gasteiger partial charge >= 0.3 is 6.03 Å². The average molecular weight is 371 g/mol. The van der Waals surface area contributed by atoms with Crippen molar-refractivity contribution in [2.24, 2.45) is 0 Å². The second-order valence-electron chi connectivity index (χ2n) is 7.62. The van der Waals surface area contributed by atoms with Gasteiger partial charge in [0.15, 0.2) is 5.54 Å². The van der Waals surface area contributed by atoms with Crippen LogP contribution < -0.4 is 10.1 Å². The molecule has 1 saturated heterocycles. The first-order chi connectivity index (χ1) is 13.0. The van der Waals surface area contributed by atoms with Crippen molar-refractivity contribution in [1.82, 2.24) is 15.1 Å². The van der Waals surface area contributed by atoms with Gasteiger partial charge in [-0.2, -0.15) is 0 Å². The van der Waals surface area contributed by atoms with Crippen LogP contribution in [-0.4, -0.2) is 53.9 Å². The lowest BCUT2D eigenvalue weighted by Crippen LogP contribution is -2.49. The number of nitrogens with zero attached hydrogens (tertiary/aromatic N) is 2. The van der Waals surface area contributed by atoms with Crippen molar-refractivity contribution in [1.29, 1.82) is 0 Å². The molecule has 7 nitrogen and oxygen atoms in total. The molecule has 0 aromatic heterocycles. The van der Waals surface area contributed by atoms with E-state index in [0.29, 0.717) is 24.3 Å². The minimum Gasteiger partial charge on any atom is -0.493 e. The molecule has 1 aliphatic carbocycles. The summed E-state index contributed by atoms with van der Waals surface area (Å²) < 4.78 is 5.63. The second-order valence-corrected chi connectivity index (χ2v) is 7.62. The second kappa shape index (κ2) is 6.87. The Morgan fingerprint density at radius 2 is 2.00 bits per heavy atom. The molecule has 0 bridgehead atoms. The zero-order chi connectivity index (χ0) is 19.0. The van der Waals surface area contributed by atoms with Gasteiger partial charge in [-0.05, 0) is 18.9 Å². The first-order valence-corrected chi connectivity index (χ1v) is 9.65. The number of carbonyl (C=O) groups excluding carboxylic acids is 3. The zero-order valence-corrected chi connectivity index (χ0v) is 15.6. The Labute approximate surface area is 158 Å². The Balaban J connectivity index is 1.53. The minimum atomic E-state index is -1.13. The van der Waals surface area contributed by atoms with Crippen LogP contribution in [0.4, 0.5) is 4.79 Å². The number of fused-ring (bicyclic) bond motifs is 2. The van der Waals surface area contributed by atoms with Crippen LogP contribution in [0.2, 0.25) is 0 Å². The third-order valence-electron chi connectivity index (χ3n) is 6.07. The average Bonchev–Trinajstić information content (AvgIpc) is 2.93. The van der Waals surface area contributed by atoms with E-state index in [-0.39, 0.29) is 24.4 Å². The number of hydrogen-bond acceptors (Lipinski definition) is 4. The summed E-state index contributed by atoms with van der Waals surface area (Å²) in [6, 6.07) is 6.93. The molecular formula is C20H25N3O4. The van der Waals surface area contributed by atoms with Crippen molar-refractivity contribution in [2.45, 2.75) is 50.1 Å². The number of hydrogen-bond donors (Lipinski definition) is 1. The number of carbonyl (C=O) groups is 3. The van der Waals surface area contributed by atoms with E-state index in [1.807, 2.05) is 12.1 Å². The fourth-order valence-corrected chi connectivity index (χ4v) is 4.43. The van der Waals surface area contributed by atoms with Crippen LogP contribution in [0.3, 0.4) is 0 Å². The SMILES string of the molecule is CN(C(=O)CN1C(=O)NC2(CCOc3ccccc32)C1=O)C1CCCCC1. The molecule has 4 rings (SSSR count). The Morgan fingerprint density at radius 1 is 1.26 bits per heavy atom. The summed E-state index contributed by atoms with van der Waals surface area (Å²) >= 11 is 0. The predicted molar refractivity (Wildman–Crippen MR) is 98.1 cm³/mol. The number of ether oxygens (including phenoxy) is 1. The zero-order valence-electron chi connectivity index (χ0n) is 15.6. The van der Waals surface area contributed by atoms with E-state index < -0.39 is 11.6 Å². The molecule has 2 aliphatic heterocycles. The van der Waals surface area contributed by atoms with E-state index in [1.54, 1.807) is 24.1 Å². The van der Waals surface area contributed by atoms with Gasteiger partial charge < -0.3 is 15.0 Å². The molecule has 27 heavy (non-hydrogen) atoms. The number of amides is 4. The van der Waals surface area contributed by atoms with Crippen LogP contribution >= 0.6 is 0 Å². The lowest BCUT2D eigenvalue weighted by Gasteiger charge is -2.33. The van der Waals surface area contributed by atoms with Crippen LogP contribution in [0.5, 0.6) is 5.75 Å². The summed E-state index contributed by atoms with van der Waals surface area (Å²) in [5, 5.41) is 2.84. The van der Waals surface area contributed by atoms with Crippen molar-refractivity contribution in [2.75, 3.05) is 20.2 Å². The summed E-state index contributed by atoms with van der Waals surface area (Å²) in [5.41, 5.74) is -0.472. The molecule has 1 saturated carbocycles. The molecule has 1 aromatic carbocycles. The molecule has 7 heteroatoms. The summed E-state index contributed by atoms with van der Waals surface area (Å²) in [6.45, 7) is 0.120. The Hall–Kier alpha value is -2.57. The molecule has 2 heterocycles. The molecule has 2 fully saturated rings. The molecule has 1 atom stereocenters. The smallest absolute Gasteiger partial charge is 0.325 e. The van der Waals surface area contributed by atoms with Crippen LogP contribution in [0.15, 0.2) is 24.3 Å². The molecule has 1 unspecified atom stereocenters. The quantitative estimate of drug-likeness (QED) is 0.825. The lowest BCUT2D eigenvalue weighted by atomic mass is 9.84. The number of rotatable bonds is 3. The van der Waals surface area contributed by atoms with Crippen LogP contribution in [0, 0.1) is 0 Å². The van der Waals surface area contributed by atoms with Crippen molar-refractivity contribution in [3.8, 4) is 5.75 Å². The summed E-state index contributed by atoms with van der Waals surface area (Å²) in [7, 11) is 1.77. The van der Waals surface area contributed by atoms with Crippen molar-refractivity contribution >= 4 is 17.8 Å². The van der Waals surface area contributed by atoms with Gasteiger partial charge in [-0.1, -0.05) is 37.5 Å². The molecule has 144 valence electrons. The third-order valence-corrected chi connectivity index (χ3v) is 6.07. The largest absolute Gasteiger partial charge is 0.493 e. The molecule has 4 amide bonds. The minimum absolute atomic E-state index is 0.192. The summed E-state index contributed by atoms with van der Waals surface area (Å²) in [4.78, 5) is 41.3. The maximum absolute atomic E-state index is 13.2. The number of para-hydroxylation sites is 1. The number of imide groups is 1. The van der Waals surface area contributed by atoms with Gasteiger partial charge in [-0.15, -0.1) is 0 Å². The highest BCUT2D eigenvalue weighted by Gasteiger charge is 2.55. The topological polar surface area (TPSA) is 79.0 Å². The van der Waals surface area contributed by atoms with E-state index in [9.17, 15) is 14.4 Å². The highest BCUT2D eigenvalue weighted by Crippen LogP contribution is 2.40. The number of urea groups is 1. The monoisotopic (exact) mass is 371 g/mol. The molecule has 3 aliphatic rings. The number of nitrogens with one attached hydrogen (secondary N) is 1. The Kier molecular flexibility index (Phi) is 4.53. The maximum atomic E-state index is 13.2. The van der Waals surface area contributed by atoms with Crippen molar-refractivity contribution < 1.29 is 19.1 Å². The van der Waals surface area contributed by atoms with Gasteiger partial charge in [0.05, 0.1) is 6.61 Å². The van der Waals surface area contributed by atoms with Crippen molar-refractivity contribution in [3.63, 3.8) is 0 Å². The highest BCUT2D eigenvalue weighted by molar-refractivity contribution is 6.09. The van der Waals surface area contributed by atoms with E-state index >= 15 is 0 Å². The first-order valence-electron chi connectivity index (χ1n) is 9.65. The van der Waals surface area contributed by atoms with E-state index in [4.69, 9.17) is 4.74 Å². The number of benzene rings is 1. The summed E-state index contributed by atoms with van der Waals surface area (Å²) in [6.07, 6.45) is 5.76. The van der Waals surface area contributed by atoms with Gasteiger partial charge in [0.2, 0.25) is 5.91 Å². The van der Waals surface area contributed by atoms with Gasteiger partial charge in [0, 0.05) is 25.1 Å². The van der Waals surface area contributed by atoms with E-state index in [1.165, 1.54) is 6.42 Å². The normalized spacial score (nSPS) is 25.1. The van der Waals surface area contributed by atoms with Crippen LogP contribution in [0.25, 0.3) is 0 Å². The maximum Gasteiger partial charge on any atom is 0.325 e. The Bertz CT molecular complexity index is 774. The van der Waals surface area contributed by atoms with Crippen LogP contribution in [0.1, 0.15) is 44.1 Å². The molecule has 1 aromatic rings. The molecule has 1 N–H and O–H groups in total. The highest BCUT2D eigenvalue weighted by atomic mass is 16.5. The standard InChI is InChI=1S/C20H25N3O4/c1-22(14-7-3-2-4-8-14)17(24)13-23-18(25)20(21-19(23)26)11-12-27-16-10-6-5-9-15(16)20/h5-6,9-10,14H,2-4,7-8,11-13H2,1H3,(H,21,26). The lowest BCUT2D eigenvalue weighted by molar-refractivity contribution is -0.140. The Morgan fingerprint density at radius 3 is 2.78 bits per heavy atom. The fourth-order valence-electron chi connectivity index (χ4n) is 4.43. The van der Waals surface area contributed by atoms with Gasteiger partial charge in [-0.3, -0.25) is 14.5 Å².